The number of fused-ring (bicyclic) bond motifs is 1. The van der Waals surface area contributed by atoms with Gasteiger partial charge in [-0.2, -0.15) is 0 Å². The summed E-state index contributed by atoms with van der Waals surface area (Å²) in [6, 6.07) is 7.78. The van der Waals surface area contributed by atoms with Gasteiger partial charge in [0.2, 0.25) is 0 Å². The van der Waals surface area contributed by atoms with Gasteiger partial charge in [-0.3, -0.25) is 0 Å². The van der Waals surface area contributed by atoms with Gasteiger partial charge in [-0.05, 0) is 57.1 Å². The lowest BCUT2D eigenvalue weighted by Gasteiger charge is -2.19. The van der Waals surface area contributed by atoms with E-state index >= 15 is 0 Å². The Balaban J connectivity index is 1.72. The molecule has 0 bridgehead atoms. The normalized spacial score (nSPS) is 18.8. The van der Waals surface area contributed by atoms with Crippen LogP contribution in [0.2, 0.25) is 0 Å². The highest BCUT2D eigenvalue weighted by Gasteiger charge is 2.30. The van der Waals surface area contributed by atoms with Gasteiger partial charge in [0.05, 0.1) is 11.7 Å². The van der Waals surface area contributed by atoms with Crippen molar-refractivity contribution in [2.75, 3.05) is 0 Å². The van der Waals surface area contributed by atoms with Crippen LogP contribution in [0.3, 0.4) is 0 Å². The van der Waals surface area contributed by atoms with E-state index in [0.29, 0.717) is 6.04 Å². The zero-order valence-corrected chi connectivity index (χ0v) is 13.6. The highest BCUT2D eigenvalue weighted by molar-refractivity contribution is 7.11. The minimum absolute atomic E-state index is 0.286. The molecule has 1 heterocycles. The van der Waals surface area contributed by atoms with Crippen LogP contribution < -0.4 is 5.32 Å². The van der Waals surface area contributed by atoms with E-state index in [1.54, 1.807) is 0 Å². The molecular weight excluding hydrogens is 276 g/mol. The van der Waals surface area contributed by atoms with Crippen LogP contribution >= 0.6 is 11.3 Å². The fourth-order valence-corrected chi connectivity index (χ4v) is 4.50. The van der Waals surface area contributed by atoms with E-state index < -0.39 is 0 Å². The van der Waals surface area contributed by atoms with E-state index in [2.05, 4.69) is 37.4 Å². The van der Waals surface area contributed by atoms with E-state index in [9.17, 15) is 0 Å². The average Bonchev–Trinajstić information content (AvgIpc) is 3.00. The molecule has 110 valence electrons. The zero-order valence-electron chi connectivity index (χ0n) is 12.8. The summed E-state index contributed by atoms with van der Waals surface area (Å²) in [4.78, 5) is 6.49. The second kappa shape index (κ2) is 5.22. The molecule has 1 saturated carbocycles. The number of hydrogen-bond donors (Lipinski definition) is 1. The molecule has 1 N–H and O–H groups in total. The molecule has 1 aromatic heterocycles. The highest BCUT2D eigenvalue weighted by atomic mass is 32.1. The molecule has 0 saturated heterocycles. The Bertz CT molecular complexity index is 648. The van der Waals surface area contributed by atoms with E-state index in [4.69, 9.17) is 4.98 Å². The van der Waals surface area contributed by atoms with Crippen LogP contribution in [-0.2, 0) is 12.8 Å². The summed E-state index contributed by atoms with van der Waals surface area (Å²) in [6.45, 7) is 4.39. The summed E-state index contributed by atoms with van der Waals surface area (Å²) >= 11 is 1.93. The molecule has 2 aliphatic rings. The van der Waals surface area contributed by atoms with Crippen LogP contribution in [0.1, 0.15) is 57.6 Å². The van der Waals surface area contributed by atoms with Crippen LogP contribution in [0.15, 0.2) is 18.2 Å². The Labute approximate surface area is 130 Å². The van der Waals surface area contributed by atoms with Crippen molar-refractivity contribution in [3.05, 3.63) is 50.5 Å². The maximum atomic E-state index is 4.97. The van der Waals surface area contributed by atoms with Crippen molar-refractivity contribution in [1.82, 2.24) is 10.3 Å². The molecule has 3 heteroatoms. The van der Waals surface area contributed by atoms with Crippen molar-refractivity contribution < 1.29 is 0 Å². The predicted octanol–water partition coefficient (Wildman–Crippen LogP) is 4.09. The fourth-order valence-electron chi connectivity index (χ4n) is 3.26. The van der Waals surface area contributed by atoms with E-state index in [1.807, 2.05) is 11.3 Å². The molecule has 2 aromatic rings. The lowest BCUT2D eigenvalue weighted by Crippen LogP contribution is -2.25. The molecular formula is C18H22N2S. The van der Waals surface area contributed by atoms with Crippen molar-refractivity contribution in [2.24, 2.45) is 0 Å². The first-order chi connectivity index (χ1) is 10.2. The predicted molar refractivity (Wildman–Crippen MR) is 88.1 cm³/mol. The molecule has 1 aromatic carbocycles. The number of aryl methyl sites for hydroxylation is 4. The topological polar surface area (TPSA) is 24.9 Å². The molecule has 0 radical (unpaired) electrons. The summed E-state index contributed by atoms with van der Waals surface area (Å²) < 4.78 is 0. The van der Waals surface area contributed by atoms with Gasteiger partial charge in [0.1, 0.15) is 5.01 Å². The number of aromatic nitrogens is 1. The van der Waals surface area contributed by atoms with Gasteiger partial charge in [0.25, 0.3) is 0 Å². The number of nitrogens with zero attached hydrogens (tertiary/aromatic N) is 1. The summed E-state index contributed by atoms with van der Waals surface area (Å²) in [5.74, 6) is 0. The van der Waals surface area contributed by atoms with Gasteiger partial charge in [0, 0.05) is 10.9 Å². The highest BCUT2D eigenvalue weighted by Crippen LogP contribution is 2.36. The second-order valence-corrected chi connectivity index (χ2v) is 7.62. The SMILES string of the molecule is Cc1ccc(C(NC2CC2)c2nc3c(s2)CCC3)c(C)c1. The molecule has 4 rings (SSSR count). The number of nitrogens with one attached hydrogen (secondary N) is 1. The first-order valence-electron chi connectivity index (χ1n) is 8.02. The lowest BCUT2D eigenvalue weighted by molar-refractivity contribution is 0.594. The average molecular weight is 298 g/mol. The summed E-state index contributed by atoms with van der Waals surface area (Å²) in [6.07, 6.45) is 6.32. The Morgan fingerprint density at radius 1 is 1.24 bits per heavy atom. The maximum absolute atomic E-state index is 4.97. The third kappa shape index (κ3) is 2.65. The zero-order chi connectivity index (χ0) is 14.4. The summed E-state index contributed by atoms with van der Waals surface area (Å²) in [7, 11) is 0. The molecule has 1 atom stereocenters. The summed E-state index contributed by atoms with van der Waals surface area (Å²) in [5, 5.41) is 5.10. The Morgan fingerprint density at radius 3 is 2.81 bits per heavy atom. The van der Waals surface area contributed by atoms with Crippen LogP contribution in [0, 0.1) is 13.8 Å². The minimum atomic E-state index is 0.286. The number of thiazole rings is 1. The molecule has 1 fully saturated rings. The van der Waals surface area contributed by atoms with Crippen LogP contribution in [0.5, 0.6) is 0 Å². The van der Waals surface area contributed by atoms with Crippen LogP contribution in [-0.4, -0.2) is 11.0 Å². The quantitative estimate of drug-likeness (QED) is 0.919. The number of rotatable bonds is 4. The van der Waals surface area contributed by atoms with Gasteiger partial charge in [0.15, 0.2) is 0 Å². The number of benzene rings is 1. The van der Waals surface area contributed by atoms with Crippen molar-refractivity contribution in [3.8, 4) is 0 Å². The maximum Gasteiger partial charge on any atom is 0.115 e. The first kappa shape index (κ1) is 13.5. The van der Waals surface area contributed by atoms with Crippen molar-refractivity contribution in [1.29, 1.82) is 0 Å². The third-order valence-electron chi connectivity index (χ3n) is 4.58. The second-order valence-electron chi connectivity index (χ2n) is 6.51. The van der Waals surface area contributed by atoms with E-state index in [1.165, 1.54) is 64.4 Å². The van der Waals surface area contributed by atoms with Gasteiger partial charge in [-0.1, -0.05) is 23.8 Å². The Morgan fingerprint density at radius 2 is 2.10 bits per heavy atom. The van der Waals surface area contributed by atoms with E-state index in [0.717, 1.165) is 0 Å². The van der Waals surface area contributed by atoms with Crippen molar-refractivity contribution in [2.45, 2.75) is 58.0 Å². The molecule has 1 unspecified atom stereocenters. The number of hydrogen-bond acceptors (Lipinski definition) is 3. The van der Waals surface area contributed by atoms with Crippen LogP contribution in [0.4, 0.5) is 0 Å². The van der Waals surface area contributed by atoms with Gasteiger partial charge < -0.3 is 5.32 Å². The fraction of sp³-hybridized carbons (Fsp3) is 0.500. The molecule has 0 amide bonds. The Hall–Kier alpha value is -1.19. The minimum Gasteiger partial charge on any atom is -0.301 e. The van der Waals surface area contributed by atoms with E-state index in [-0.39, 0.29) is 6.04 Å². The Kier molecular flexibility index (Phi) is 3.35. The van der Waals surface area contributed by atoms with Crippen molar-refractivity contribution >= 4 is 11.3 Å². The molecule has 0 spiro atoms. The lowest BCUT2D eigenvalue weighted by atomic mass is 9.99. The van der Waals surface area contributed by atoms with Gasteiger partial charge in [-0.15, -0.1) is 11.3 Å². The van der Waals surface area contributed by atoms with Crippen LogP contribution in [0.25, 0.3) is 0 Å². The van der Waals surface area contributed by atoms with Gasteiger partial charge >= 0.3 is 0 Å². The van der Waals surface area contributed by atoms with Crippen molar-refractivity contribution in [3.63, 3.8) is 0 Å². The smallest absolute Gasteiger partial charge is 0.115 e. The standard InChI is InChI=1S/C18H22N2S/c1-11-6-9-14(12(2)10-11)17(19-13-7-8-13)18-20-15-4-3-5-16(15)21-18/h6,9-10,13,17,19H,3-5,7-8H2,1-2H3. The molecule has 2 aliphatic carbocycles. The first-order valence-corrected chi connectivity index (χ1v) is 8.84. The third-order valence-corrected chi connectivity index (χ3v) is 5.80. The van der Waals surface area contributed by atoms with Gasteiger partial charge in [-0.25, -0.2) is 4.98 Å². The monoisotopic (exact) mass is 298 g/mol. The molecule has 21 heavy (non-hydrogen) atoms. The largest absolute Gasteiger partial charge is 0.301 e. The molecule has 0 aliphatic heterocycles. The summed E-state index contributed by atoms with van der Waals surface area (Å²) in [5.41, 5.74) is 5.48. The molecule has 2 nitrogen and oxygen atoms in total.